The number of hydrogen-bond donors (Lipinski definition) is 1. The summed E-state index contributed by atoms with van der Waals surface area (Å²) in [6, 6.07) is 5.73. The predicted molar refractivity (Wildman–Crippen MR) is 60.6 cm³/mol. The Labute approximate surface area is 90.7 Å². The molecule has 2 atom stereocenters. The Hall–Kier alpha value is -0.890. The van der Waals surface area contributed by atoms with Crippen molar-refractivity contribution < 1.29 is 4.39 Å². The molecule has 0 radical (unpaired) electrons. The van der Waals surface area contributed by atoms with Crippen molar-refractivity contribution in [1.29, 1.82) is 0 Å². The van der Waals surface area contributed by atoms with Crippen LogP contribution in [0.25, 0.3) is 0 Å². The molecule has 1 aromatic carbocycles. The zero-order valence-electron chi connectivity index (χ0n) is 9.39. The Kier molecular flexibility index (Phi) is 3.06. The van der Waals surface area contributed by atoms with Crippen LogP contribution in [0, 0.1) is 12.7 Å². The van der Waals surface area contributed by atoms with Crippen molar-refractivity contribution in [2.75, 3.05) is 7.05 Å². The van der Waals surface area contributed by atoms with Gasteiger partial charge in [-0.15, -0.1) is 0 Å². The number of nitrogens with one attached hydrogen (secondary N) is 1. The number of likely N-dealkylation sites (N-methyl/N-ethyl adjacent to an activating group) is 1. The second-order valence-electron chi connectivity index (χ2n) is 4.43. The SMILES string of the molecule is CNC1CCCC1c1ccc(F)cc1C. The normalized spacial score (nSPS) is 25.8. The molecule has 1 N–H and O–H groups in total. The maximum absolute atomic E-state index is 13.0. The highest BCUT2D eigenvalue weighted by Gasteiger charge is 2.28. The molecule has 1 saturated carbocycles. The van der Waals surface area contributed by atoms with Crippen LogP contribution < -0.4 is 5.32 Å². The molecular weight excluding hydrogens is 189 g/mol. The first-order chi connectivity index (χ1) is 7.22. The second kappa shape index (κ2) is 4.31. The van der Waals surface area contributed by atoms with Crippen molar-refractivity contribution in [3.8, 4) is 0 Å². The van der Waals surface area contributed by atoms with Gasteiger partial charge in [-0.3, -0.25) is 0 Å². The Morgan fingerprint density at radius 3 is 2.80 bits per heavy atom. The monoisotopic (exact) mass is 207 g/mol. The van der Waals surface area contributed by atoms with E-state index in [0.717, 1.165) is 5.56 Å². The lowest BCUT2D eigenvalue weighted by Gasteiger charge is -2.21. The largest absolute Gasteiger partial charge is 0.316 e. The predicted octanol–water partition coefficient (Wildman–Crippen LogP) is 2.99. The van der Waals surface area contributed by atoms with Gasteiger partial charge in [0.1, 0.15) is 5.82 Å². The topological polar surface area (TPSA) is 12.0 Å². The molecule has 2 unspecified atom stereocenters. The van der Waals surface area contributed by atoms with Gasteiger partial charge in [-0.25, -0.2) is 4.39 Å². The lowest BCUT2D eigenvalue weighted by Crippen LogP contribution is -2.27. The number of aryl methyl sites for hydroxylation is 1. The third-order valence-corrected chi connectivity index (χ3v) is 3.52. The summed E-state index contributed by atoms with van der Waals surface area (Å²) in [6.07, 6.45) is 3.73. The van der Waals surface area contributed by atoms with Crippen molar-refractivity contribution >= 4 is 0 Å². The Balaban J connectivity index is 2.28. The van der Waals surface area contributed by atoms with Crippen LogP contribution in [0.3, 0.4) is 0 Å². The van der Waals surface area contributed by atoms with Gasteiger partial charge in [0.15, 0.2) is 0 Å². The van der Waals surface area contributed by atoms with Crippen LogP contribution in [-0.2, 0) is 0 Å². The molecule has 0 aliphatic heterocycles. The van der Waals surface area contributed by atoms with Crippen LogP contribution in [0.5, 0.6) is 0 Å². The molecule has 1 aromatic rings. The molecule has 1 aliphatic carbocycles. The van der Waals surface area contributed by atoms with Crippen LogP contribution >= 0.6 is 0 Å². The van der Waals surface area contributed by atoms with Gasteiger partial charge in [0.2, 0.25) is 0 Å². The molecule has 82 valence electrons. The van der Waals surface area contributed by atoms with E-state index in [9.17, 15) is 4.39 Å². The minimum absolute atomic E-state index is 0.129. The highest BCUT2D eigenvalue weighted by Crippen LogP contribution is 2.36. The van der Waals surface area contributed by atoms with Gasteiger partial charge >= 0.3 is 0 Å². The van der Waals surface area contributed by atoms with Crippen LogP contribution in [0.4, 0.5) is 4.39 Å². The smallest absolute Gasteiger partial charge is 0.123 e. The first-order valence-corrected chi connectivity index (χ1v) is 5.65. The molecule has 15 heavy (non-hydrogen) atoms. The van der Waals surface area contributed by atoms with Crippen molar-refractivity contribution in [2.24, 2.45) is 0 Å². The third-order valence-electron chi connectivity index (χ3n) is 3.52. The van der Waals surface area contributed by atoms with Crippen molar-refractivity contribution in [3.05, 3.63) is 35.1 Å². The molecule has 1 nitrogen and oxygen atoms in total. The van der Waals surface area contributed by atoms with E-state index in [1.807, 2.05) is 20.0 Å². The summed E-state index contributed by atoms with van der Waals surface area (Å²) < 4.78 is 13.0. The first-order valence-electron chi connectivity index (χ1n) is 5.65. The molecule has 0 saturated heterocycles. The second-order valence-corrected chi connectivity index (χ2v) is 4.43. The fraction of sp³-hybridized carbons (Fsp3) is 0.538. The molecule has 2 heteroatoms. The summed E-state index contributed by atoms with van der Waals surface area (Å²) in [7, 11) is 2.02. The standard InChI is InChI=1S/C13H18FN/c1-9-8-10(14)6-7-11(9)12-4-3-5-13(12)15-2/h6-8,12-13,15H,3-5H2,1-2H3. The summed E-state index contributed by atoms with van der Waals surface area (Å²) in [4.78, 5) is 0. The fourth-order valence-corrected chi connectivity index (χ4v) is 2.73. The molecule has 0 spiro atoms. The molecular formula is C13H18FN. The zero-order valence-corrected chi connectivity index (χ0v) is 9.39. The molecule has 0 amide bonds. The quantitative estimate of drug-likeness (QED) is 0.786. The van der Waals surface area contributed by atoms with E-state index < -0.39 is 0 Å². The van der Waals surface area contributed by atoms with Crippen LogP contribution in [0.2, 0.25) is 0 Å². The highest BCUT2D eigenvalue weighted by atomic mass is 19.1. The lowest BCUT2D eigenvalue weighted by molar-refractivity contribution is 0.519. The Bertz CT molecular complexity index is 348. The summed E-state index contributed by atoms with van der Waals surface area (Å²) in [5.74, 6) is 0.436. The third kappa shape index (κ3) is 2.05. The van der Waals surface area contributed by atoms with Gasteiger partial charge in [0.25, 0.3) is 0 Å². The average Bonchev–Trinajstić information content (AvgIpc) is 2.65. The van der Waals surface area contributed by atoms with E-state index in [2.05, 4.69) is 5.32 Å². The summed E-state index contributed by atoms with van der Waals surface area (Å²) >= 11 is 0. The van der Waals surface area contributed by atoms with E-state index in [1.165, 1.54) is 24.8 Å². The van der Waals surface area contributed by atoms with Gasteiger partial charge in [0, 0.05) is 6.04 Å². The number of benzene rings is 1. The first kappa shape index (κ1) is 10.6. The van der Waals surface area contributed by atoms with Crippen LogP contribution in [-0.4, -0.2) is 13.1 Å². The fourth-order valence-electron chi connectivity index (χ4n) is 2.73. The summed E-state index contributed by atoms with van der Waals surface area (Å²) in [6.45, 7) is 2.00. The molecule has 0 bridgehead atoms. The van der Waals surface area contributed by atoms with Crippen molar-refractivity contribution in [3.63, 3.8) is 0 Å². The lowest BCUT2D eigenvalue weighted by atomic mass is 9.90. The zero-order chi connectivity index (χ0) is 10.8. The van der Waals surface area contributed by atoms with E-state index >= 15 is 0 Å². The number of rotatable bonds is 2. The highest BCUT2D eigenvalue weighted by molar-refractivity contribution is 5.31. The van der Waals surface area contributed by atoms with E-state index in [0.29, 0.717) is 12.0 Å². The Morgan fingerprint density at radius 1 is 1.33 bits per heavy atom. The molecule has 0 aromatic heterocycles. The summed E-state index contributed by atoms with van der Waals surface area (Å²) in [5, 5.41) is 3.36. The van der Waals surface area contributed by atoms with Crippen LogP contribution in [0.1, 0.15) is 36.3 Å². The van der Waals surface area contributed by atoms with Crippen molar-refractivity contribution in [2.45, 2.75) is 38.1 Å². The van der Waals surface area contributed by atoms with Crippen molar-refractivity contribution in [1.82, 2.24) is 5.32 Å². The molecule has 2 rings (SSSR count). The average molecular weight is 207 g/mol. The van der Waals surface area contributed by atoms with Gasteiger partial charge in [-0.05, 0) is 56.0 Å². The van der Waals surface area contributed by atoms with Gasteiger partial charge < -0.3 is 5.32 Å². The van der Waals surface area contributed by atoms with E-state index in [-0.39, 0.29) is 5.82 Å². The minimum atomic E-state index is -0.129. The van der Waals surface area contributed by atoms with E-state index in [1.54, 1.807) is 12.1 Å². The van der Waals surface area contributed by atoms with Gasteiger partial charge in [0.05, 0.1) is 0 Å². The Morgan fingerprint density at radius 2 is 2.13 bits per heavy atom. The molecule has 1 fully saturated rings. The van der Waals surface area contributed by atoms with Gasteiger partial charge in [-0.2, -0.15) is 0 Å². The maximum Gasteiger partial charge on any atom is 0.123 e. The molecule has 0 heterocycles. The minimum Gasteiger partial charge on any atom is -0.316 e. The molecule has 1 aliphatic rings. The maximum atomic E-state index is 13.0. The van der Waals surface area contributed by atoms with E-state index in [4.69, 9.17) is 0 Å². The van der Waals surface area contributed by atoms with Gasteiger partial charge in [-0.1, -0.05) is 12.5 Å². The van der Waals surface area contributed by atoms with Crippen LogP contribution in [0.15, 0.2) is 18.2 Å². The number of halogens is 1. The summed E-state index contributed by atoms with van der Waals surface area (Å²) in [5.41, 5.74) is 2.40. The number of hydrogen-bond acceptors (Lipinski definition) is 1.